The Morgan fingerprint density at radius 3 is 2.69 bits per heavy atom. The predicted molar refractivity (Wildman–Crippen MR) is 128 cm³/mol. The number of fused-ring (bicyclic) bond motifs is 1. The van der Waals surface area contributed by atoms with Crippen LogP contribution in [0.3, 0.4) is 0 Å². The van der Waals surface area contributed by atoms with Gasteiger partial charge in [0.05, 0.1) is 33.9 Å². The van der Waals surface area contributed by atoms with Gasteiger partial charge in [0, 0.05) is 31.3 Å². The van der Waals surface area contributed by atoms with Crippen LogP contribution in [-0.2, 0) is 17.9 Å². The number of rotatable bonds is 6. The van der Waals surface area contributed by atoms with E-state index in [4.69, 9.17) is 4.98 Å². The molecule has 0 saturated carbocycles. The molecule has 32 heavy (non-hydrogen) atoms. The van der Waals surface area contributed by atoms with Gasteiger partial charge in [0.2, 0.25) is 5.91 Å². The number of hydrogen-bond donors (Lipinski definition) is 0. The largest absolute Gasteiger partial charge is 0.341 e. The summed E-state index contributed by atoms with van der Waals surface area (Å²) < 4.78 is 3.11. The molecule has 0 spiro atoms. The second-order valence-corrected chi connectivity index (χ2v) is 9.46. The second kappa shape index (κ2) is 9.09. The summed E-state index contributed by atoms with van der Waals surface area (Å²) in [5.74, 6) is 0.229. The highest BCUT2D eigenvalue weighted by Gasteiger charge is 2.34. The summed E-state index contributed by atoms with van der Waals surface area (Å²) in [6, 6.07) is 18.5. The normalized spacial score (nSPS) is 18.2. The van der Waals surface area contributed by atoms with E-state index < -0.39 is 0 Å². The molecule has 1 aliphatic carbocycles. The minimum absolute atomic E-state index is 0.0788. The Balaban J connectivity index is 1.28. The van der Waals surface area contributed by atoms with Crippen molar-refractivity contribution in [1.29, 1.82) is 0 Å². The van der Waals surface area contributed by atoms with E-state index in [9.17, 15) is 4.79 Å². The third kappa shape index (κ3) is 4.36. The van der Waals surface area contributed by atoms with Crippen LogP contribution in [-0.4, -0.2) is 32.6 Å². The number of nitrogens with zero attached hydrogens (tertiary/aromatic N) is 4. The van der Waals surface area contributed by atoms with Gasteiger partial charge in [-0.05, 0) is 30.5 Å². The summed E-state index contributed by atoms with van der Waals surface area (Å²) >= 11 is 1.72. The average molecular weight is 443 g/mol. The van der Waals surface area contributed by atoms with Crippen molar-refractivity contribution in [2.24, 2.45) is 5.92 Å². The van der Waals surface area contributed by atoms with Gasteiger partial charge in [0.15, 0.2) is 0 Å². The molecule has 2 aromatic carbocycles. The number of benzene rings is 2. The number of hydrogen-bond acceptors (Lipinski definition) is 4. The Morgan fingerprint density at radius 1 is 1.06 bits per heavy atom. The van der Waals surface area contributed by atoms with Crippen molar-refractivity contribution in [3.05, 3.63) is 95.3 Å². The summed E-state index contributed by atoms with van der Waals surface area (Å²) in [5, 5.41) is 5.55. The van der Waals surface area contributed by atoms with Crippen molar-refractivity contribution < 1.29 is 4.79 Å². The van der Waals surface area contributed by atoms with E-state index in [1.807, 2.05) is 65.4 Å². The number of thiazole rings is 1. The predicted octanol–water partition coefficient (Wildman–Crippen LogP) is 5.25. The smallest absolute Gasteiger partial charge is 0.226 e. The molecule has 5 rings (SSSR count). The van der Waals surface area contributed by atoms with Gasteiger partial charge in [-0.2, -0.15) is 5.10 Å². The molecule has 0 bridgehead atoms. The number of carbonyl (C=O) groups is 1. The maximum Gasteiger partial charge on any atom is 0.226 e. The molecular weight excluding hydrogens is 416 g/mol. The third-order valence-corrected chi connectivity index (χ3v) is 7.22. The second-order valence-electron chi connectivity index (χ2n) is 8.40. The quantitative estimate of drug-likeness (QED) is 0.383. The van der Waals surface area contributed by atoms with Crippen molar-refractivity contribution in [3.63, 3.8) is 0 Å². The van der Waals surface area contributed by atoms with Crippen molar-refractivity contribution in [2.45, 2.75) is 31.8 Å². The van der Waals surface area contributed by atoms with Crippen molar-refractivity contribution in [3.8, 4) is 0 Å². The summed E-state index contributed by atoms with van der Waals surface area (Å²) in [4.78, 5) is 20.1. The highest BCUT2D eigenvalue weighted by atomic mass is 32.1. The Kier molecular flexibility index (Phi) is 5.86. The third-order valence-electron chi connectivity index (χ3n) is 6.05. The van der Waals surface area contributed by atoms with Gasteiger partial charge < -0.3 is 4.90 Å². The van der Waals surface area contributed by atoms with E-state index in [2.05, 4.69) is 35.4 Å². The van der Waals surface area contributed by atoms with Crippen molar-refractivity contribution >= 4 is 27.5 Å². The van der Waals surface area contributed by atoms with Gasteiger partial charge in [-0.15, -0.1) is 11.3 Å². The molecule has 0 unspecified atom stereocenters. The molecule has 1 aliphatic rings. The molecule has 6 heteroatoms. The zero-order chi connectivity index (χ0) is 21.9. The molecule has 0 saturated heterocycles. The average Bonchev–Trinajstić information content (AvgIpc) is 3.46. The molecular formula is C26H26N4OS. The summed E-state index contributed by atoms with van der Waals surface area (Å²) in [7, 11) is 1.89. The SMILES string of the molecule is CN(Cc1cnn(Cc2ccccc2)c1)C(=O)[C@H]1CC=CC[C@H]1c1nc2ccccc2s1. The molecule has 4 aromatic rings. The zero-order valence-corrected chi connectivity index (χ0v) is 18.9. The van der Waals surface area contributed by atoms with Crippen molar-refractivity contribution in [2.75, 3.05) is 7.05 Å². The highest BCUT2D eigenvalue weighted by Crippen LogP contribution is 2.39. The van der Waals surface area contributed by atoms with E-state index >= 15 is 0 Å². The van der Waals surface area contributed by atoms with Gasteiger partial charge in [-0.25, -0.2) is 4.98 Å². The first-order chi connectivity index (χ1) is 15.7. The Morgan fingerprint density at radius 2 is 1.84 bits per heavy atom. The Hall–Kier alpha value is -3.25. The van der Waals surface area contributed by atoms with Gasteiger partial charge in [-0.3, -0.25) is 9.48 Å². The van der Waals surface area contributed by atoms with Crippen LogP contribution in [0.25, 0.3) is 10.2 Å². The molecule has 0 N–H and O–H groups in total. The minimum atomic E-state index is -0.0788. The lowest BCUT2D eigenvalue weighted by molar-refractivity contribution is -0.135. The summed E-state index contributed by atoms with van der Waals surface area (Å²) in [6.45, 7) is 1.28. The maximum atomic E-state index is 13.4. The first-order valence-electron chi connectivity index (χ1n) is 11.0. The van der Waals surface area contributed by atoms with E-state index in [0.717, 1.165) is 35.5 Å². The van der Waals surface area contributed by atoms with E-state index in [0.29, 0.717) is 6.54 Å². The fourth-order valence-corrected chi connectivity index (χ4v) is 5.53. The van der Waals surface area contributed by atoms with Crippen LogP contribution in [0.5, 0.6) is 0 Å². The summed E-state index contributed by atoms with van der Waals surface area (Å²) in [6.07, 6.45) is 9.84. The Bertz CT molecular complexity index is 1210. The summed E-state index contributed by atoms with van der Waals surface area (Å²) in [5.41, 5.74) is 3.27. The van der Waals surface area contributed by atoms with Gasteiger partial charge in [0.1, 0.15) is 0 Å². The minimum Gasteiger partial charge on any atom is -0.341 e. The molecule has 1 amide bonds. The first-order valence-corrected chi connectivity index (χ1v) is 11.8. The molecule has 5 nitrogen and oxygen atoms in total. The van der Waals surface area contributed by atoms with Crippen LogP contribution in [0.15, 0.2) is 79.1 Å². The molecule has 2 atom stereocenters. The first kappa shape index (κ1) is 20.6. The number of para-hydroxylation sites is 1. The van der Waals surface area contributed by atoms with Gasteiger partial charge in [0.25, 0.3) is 0 Å². The molecule has 2 aromatic heterocycles. The molecule has 162 valence electrons. The highest BCUT2D eigenvalue weighted by molar-refractivity contribution is 7.18. The number of amides is 1. The molecule has 0 fully saturated rings. The molecule has 0 aliphatic heterocycles. The van der Waals surface area contributed by atoms with Crippen LogP contribution < -0.4 is 0 Å². The van der Waals surface area contributed by atoms with E-state index in [1.54, 1.807) is 11.3 Å². The monoisotopic (exact) mass is 442 g/mol. The van der Waals surface area contributed by atoms with Gasteiger partial charge in [-0.1, -0.05) is 54.6 Å². The lowest BCUT2D eigenvalue weighted by atomic mass is 9.82. The molecule has 0 radical (unpaired) electrons. The van der Waals surface area contributed by atoms with Crippen LogP contribution in [0.2, 0.25) is 0 Å². The van der Waals surface area contributed by atoms with E-state index in [-0.39, 0.29) is 17.7 Å². The zero-order valence-electron chi connectivity index (χ0n) is 18.1. The molecule has 2 heterocycles. The Labute approximate surface area is 192 Å². The lowest BCUT2D eigenvalue weighted by Crippen LogP contribution is -2.36. The number of carbonyl (C=O) groups excluding carboxylic acids is 1. The fourth-order valence-electron chi connectivity index (χ4n) is 4.39. The van der Waals surface area contributed by atoms with Gasteiger partial charge >= 0.3 is 0 Å². The number of allylic oxidation sites excluding steroid dienone is 2. The number of aromatic nitrogens is 3. The maximum absolute atomic E-state index is 13.4. The fraction of sp³-hybridized carbons (Fsp3) is 0.269. The van der Waals surface area contributed by atoms with Crippen molar-refractivity contribution in [1.82, 2.24) is 19.7 Å². The van der Waals surface area contributed by atoms with Crippen LogP contribution in [0.1, 0.15) is 34.9 Å². The van der Waals surface area contributed by atoms with Crippen LogP contribution in [0.4, 0.5) is 0 Å². The van der Waals surface area contributed by atoms with E-state index in [1.165, 1.54) is 10.3 Å². The van der Waals surface area contributed by atoms with Crippen LogP contribution >= 0.6 is 11.3 Å². The lowest BCUT2D eigenvalue weighted by Gasteiger charge is -2.29. The standard InChI is InChI=1S/C26H26N4OS/c1-29(16-20-15-27-30(18-20)17-19-9-3-2-4-10-19)26(31)22-12-6-5-11-21(22)25-28-23-13-7-8-14-24(23)32-25/h2-10,13-15,18,21-22H,11-12,16-17H2,1H3/t21-,22+/m1/s1. The van der Waals surface area contributed by atoms with Crippen LogP contribution in [0, 0.1) is 5.92 Å². The topological polar surface area (TPSA) is 51.0 Å².